The first-order valence-corrected chi connectivity index (χ1v) is 5.71. The molecule has 0 bridgehead atoms. The predicted octanol–water partition coefficient (Wildman–Crippen LogP) is 3.61. The van der Waals surface area contributed by atoms with Gasteiger partial charge in [-0.2, -0.15) is 0 Å². The number of carbonyl (C=O) groups is 1. The molecule has 1 nitrogen and oxygen atoms in total. The zero-order chi connectivity index (χ0) is 11.3. The lowest BCUT2D eigenvalue weighted by molar-refractivity contribution is -0.119. The molecule has 0 N–H and O–H groups in total. The van der Waals surface area contributed by atoms with E-state index in [2.05, 4.69) is 39.0 Å². The molecule has 1 rings (SSSR count). The second-order valence-corrected chi connectivity index (χ2v) is 4.22. The fraction of sp³-hybridized carbons (Fsp3) is 0.500. The highest BCUT2D eigenvalue weighted by Gasteiger charge is 2.03. The van der Waals surface area contributed by atoms with E-state index >= 15 is 0 Å². The van der Waals surface area contributed by atoms with Crippen molar-refractivity contribution in [2.45, 2.75) is 46.5 Å². The second-order valence-electron chi connectivity index (χ2n) is 4.22. The van der Waals surface area contributed by atoms with Gasteiger partial charge in [-0.15, -0.1) is 0 Å². The molecule has 0 radical (unpaired) electrons. The maximum atomic E-state index is 11.4. The van der Waals surface area contributed by atoms with Gasteiger partial charge in [0.25, 0.3) is 0 Å². The molecule has 0 fully saturated rings. The molecule has 15 heavy (non-hydrogen) atoms. The van der Waals surface area contributed by atoms with Crippen molar-refractivity contribution in [3.63, 3.8) is 0 Å². The molecule has 0 amide bonds. The quantitative estimate of drug-likeness (QED) is 0.716. The lowest BCUT2D eigenvalue weighted by Crippen LogP contribution is -2.00. The van der Waals surface area contributed by atoms with Gasteiger partial charge < -0.3 is 0 Å². The van der Waals surface area contributed by atoms with Crippen LogP contribution >= 0.6 is 0 Å². The molecule has 0 aliphatic rings. The number of ketones is 1. The van der Waals surface area contributed by atoms with E-state index in [9.17, 15) is 4.79 Å². The van der Waals surface area contributed by atoms with E-state index in [4.69, 9.17) is 0 Å². The molecular weight excluding hydrogens is 184 g/mol. The summed E-state index contributed by atoms with van der Waals surface area (Å²) in [6, 6.07) is 6.44. The smallest absolute Gasteiger partial charge is 0.133 e. The van der Waals surface area contributed by atoms with Crippen LogP contribution in [-0.4, -0.2) is 5.78 Å². The van der Waals surface area contributed by atoms with Crippen LogP contribution in [0.1, 0.15) is 42.9 Å². The van der Waals surface area contributed by atoms with Gasteiger partial charge in [0.2, 0.25) is 0 Å². The fourth-order valence-corrected chi connectivity index (χ4v) is 1.80. The third-order valence-corrected chi connectivity index (χ3v) is 2.70. The van der Waals surface area contributed by atoms with Crippen LogP contribution < -0.4 is 0 Å². The van der Waals surface area contributed by atoms with Crippen LogP contribution in [0.25, 0.3) is 0 Å². The minimum atomic E-state index is 0.387. The Morgan fingerprint density at radius 3 is 2.53 bits per heavy atom. The zero-order valence-corrected chi connectivity index (χ0v) is 9.97. The maximum absolute atomic E-state index is 11.4. The largest absolute Gasteiger partial charge is 0.300 e. The summed E-state index contributed by atoms with van der Waals surface area (Å²) in [7, 11) is 0. The monoisotopic (exact) mass is 204 g/mol. The number of carbonyl (C=O) groups excluding carboxylic acids is 1. The lowest BCUT2D eigenvalue weighted by Gasteiger charge is -2.06. The second kappa shape index (κ2) is 5.69. The Balaban J connectivity index is 2.54. The van der Waals surface area contributed by atoms with E-state index in [1.807, 2.05) is 0 Å². The van der Waals surface area contributed by atoms with Crippen LogP contribution in [-0.2, 0) is 11.2 Å². The fourth-order valence-electron chi connectivity index (χ4n) is 1.80. The van der Waals surface area contributed by atoms with E-state index in [1.165, 1.54) is 16.7 Å². The summed E-state index contributed by atoms with van der Waals surface area (Å²) in [4.78, 5) is 11.4. The molecule has 0 unspecified atom stereocenters. The van der Waals surface area contributed by atoms with Crippen molar-refractivity contribution in [2.75, 3.05) is 0 Å². The first-order chi connectivity index (χ1) is 7.13. The maximum Gasteiger partial charge on any atom is 0.133 e. The molecule has 0 heterocycles. The Morgan fingerprint density at radius 2 is 1.93 bits per heavy atom. The summed E-state index contributed by atoms with van der Waals surface area (Å²) < 4.78 is 0. The van der Waals surface area contributed by atoms with Gasteiger partial charge in [0, 0.05) is 12.8 Å². The molecule has 0 saturated carbocycles. The molecule has 1 heteroatoms. The number of benzene rings is 1. The standard InChI is InChI=1S/C14H20O/c1-4-5-14(15)9-8-13-7-6-11(2)10-12(13)3/h6-7,10H,4-5,8-9H2,1-3H3. The van der Waals surface area contributed by atoms with Gasteiger partial charge in [0.1, 0.15) is 5.78 Å². The molecule has 1 aromatic carbocycles. The summed E-state index contributed by atoms with van der Waals surface area (Å²) in [5.74, 6) is 0.387. The van der Waals surface area contributed by atoms with Gasteiger partial charge in [0.15, 0.2) is 0 Å². The predicted molar refractivity (Wildman–Crippen MR) is 64.2 cm³/mol. The van der Waals surface area contributed by atoms with Crippen molar-refractivity contribution in [3.8, 4) is 0 Å². The Morgan fingerprint density at radius 1 is 1.20 bits per heavy atom. The molecule has 0 saturated heterocycles. The summed E-state index contributed by atoms with van der Waals surface area (Å²) in [5.41, 5.74) is 3.90. The Bertz CT molecular complexity index is 339. The summed E-state index contributed by atoms with van der Waals surface area (Å²) in [5, 5.41) is 0. The van der Waals surface area contributed by atoms with Gasteiger partial charge in [0.05, 0.1) is 0 Å². The van der Waals surface area contributed by atoms with E-state index in [0.29, 0.717) is 12.2 Å². The minimum Gasteiger partial charge on any atom is -0.300 e. The van der Waals surface area contributed by atoms with Gasteiger partial charge in [-0.05, 0) is 37.8 Å². The molecule has 82 valence electrons. The van der Waals surface area contributed by atoms with Crippen molar-refractivity contribution < 1.29 is 4.79 Å². The third kappa shape index (κ3) is 3.86. The van der Waals surface area contributed by atoms with E-state index in [-0.39, 0.29) is 0 Å². The van der Waals surface area contributed by atoms with Crippen LogP contribution in [0.4, 0.5) is 0 Å². The molecular formula is C14H20O. The first kappa shape index (κ1) is 12.0. The number of rotatable bonds is 5. The molecule has 0 aromatic heterocycles. The van der Waals surface area contributed by atoms with E-state index in [0.717, 1.165) is 19.3 Å². The van der Waals surface area contributed by atoms with Crippen molar-refractivity contribution in [2.24, 2.45) is 0 Å². The lowest BCUT2D eigenvalue weighted by atomic mass is 9.99. The van der Waals surface area contributed by atoms with Gasteiger partial charge >= 0.3 is 0 Å². The van der Waals surface area contributed by atoms with Crippen molar-refractivity contribution in [1.29, 1.82) is 0 Å². The molecule has 1 aromatic rings. The van der Waals surface area contributed by atoms with Gasteiger partial charge in [-0.3, -0.25) is 4.79 Å². The third-order valence-electron chi connectivity index (χ3n) is 2.70. The highest BCUT2D eigenvalue weighted by atomic mass is 16.1. The highest BCUT2D eigenvalue weighted by molar-refractivity contribution is 5.78. The van der Waals surface area contributed by atoms with Crippen LogP contribution in [0.15, 0.2) is 18.2 Å². The zero-order valence-electron chi connectivity index (χ0n) is 9.97. The van der Waals surface area contributed by atoms with Crippen LogP contribution in [0.3, 0.4) is 0 Å². The van der Waals surface area contributed by atoms with Gasteiger partial charge in [-0.25, -0.2) is 0 Å². The van der Waals surface area contributed by atoms with Crippen molar-refractivity contribution in [1.82, 2.24) is 0 Å². The average molecular weight is 204 g/mol. The Hall–Kier alpha value is -1.11. The SMILES string of the molecule is CCCC(=O)CCc1ccc(C)cc1C. The summed E-state index contributed by atoms with van der Waals surface area (Å²) in [6.07, 6.45) is 3.28. The first-order valence-electron chi connectivity index (χ1n) is 5.71. The number of hydrogen-bond donors (Lipinski definition) is 0. The molecule has 0 atom stereocenters. The summed E-state index contributed by atoms with van der Waals surface area (Å²) >= 11 is 0. The van der Waals surface area contributed by atoms with Crippen molar-refractivity contribution in [3.05, 3.63) is 34.9 Å². The van der Waals surface area contributed by atoms with Gasteiger partial charge in [-0.1, -0.05) is 30.7 Å². The topological polar surface area (TPSA) is 17.1 Å². The van der Waals surface area contributed by atoms with Crippen LogP contribution in [0, 0.1) is 13.8 Å². The summed E-state index contributed by atoms with van der Waals surface area (Å²) in [6.45, 7) is 6.26. The highest BCUT2D eigenvalue weighted by Crippen LogP contribution is 2.13. The minimum absolute atomic E-state index is 0.387. The number of hydrogen-bond acceptors (Lipinski definition) is 1. The van der Waals surface area contributed by atoms with E-state index < -0.39 is 0 Å². The van der Waals surface area contributed by atoms with Crippen molar-refractivity contribution >= 4 is 5.78 Å². The molecule has 0 spiro atoms. The Kier molecular flexibility index (Phi) is 4.54. The molecule has 0 aliphatic heterocycles. The van der Waals surface area contributed by atoms with Crippen LogP contribution in [0.5, 0.6) is 0 Å². The number of Topliss-reactive ketones (excluding diaryl/α,β-unsaturated/α-hetero) is 1. The van der Waals surface area contributed by atoms with E-state index in [1.54, 1.807) is 0 Å². The number of aryl methyl sites for hydroxylation is 3. The molecule has 0 aliphatic carbocycles. The average Bonchev–Trinajstić information content (AvgIpc) is 2.17. The Labute approximate surface area is 92.5 Å². The van der Waals surface area contributed by atoms with Crippen LogP contribution in [0.2, 0.25) is 0 Å². The normalized spacial score (nSPS) is 10.3.